The van der Waals surface area contributed by atoms with Gasteiger partial charge in [-0.05, 0) is 43.5 Å². The van der Waals surface area contributed by atoms with Gasteiger partial charge in [0.25, 0.3) is 0 Å². The van der Waals surface area contributed by atoms with E-state index in [4.69, 9.17) is 4.74 Å². The van der Waals surface area contributed by atoms with Gasteiger partial charge in [-0.2, -0.15) is 0 Å². The molecule has 0 amide bonds. The summed E-state index contributed by atoms with van der Waals surface area (Å²) >= 11 is 0. The normalized spacial score (nSPS) is 14.2. The fourth-order valence-corrected chi connectivity index (χ4v) is 2.84. The Kier molecular flexibility index (Phi) is 8.45. The maximum absolute atomic E-state index is 12.0. The van der Waals surface area contributed by atoms with Crippen molar-refractivity contribution in [1.82, 2.24) is 4.98 Å². The number of ether oxygens (including phenoxy) is 1. The van der Waals surface area contributed by atoms with Gasteiger partial charge >= 0.3 is 5.97 Å². The van der Waals surface area contributed by atoms with Crippen molar-refractivity contribution in [2.45, 2.75) is 39.7 Å². The van der Waals surface area contributed by atoms with Gasteiger partial charge in [0.15, 0.2) is 18.4 Å². The molecule has 0 fully saturated rings. The minimum absolute atomic E-state index is 0. The van der Waals surface area contributed by atoms with E-state index in [1.165, 1.54) is 7.11 Å². The average molecular weight is 454 g/mol. The van der Waals surface area contributed by atoms with Gasteiger partial charge in [0.1, 0.15) is 0 Å². The summed E-state index contributed by atoms with van der Waals surface area (Å²) in [5, 5.41) is 0. The summed E-state index contributed by atoms with van der Waals surface area (Å²) < 4.78 is 7.11. The zero-order chi connectivity index (χ0) is 16.9. The van der Waals surface area contributed by atoms with Crippen LogP contribution in [0.3, 0.4) is 0 Å². The standard InChI is InChI=1S/C19H25N2O2.Pr/c1-5-19(3,18(22)23-4)14-15(2)21-12-8-17(9-13-21)16-6-10-20-11-7-16;/h6-13,15H,5,14H2,1-4H3;/q+1;. The summed E-state index contributed by atoms with van der Waals surface area (Å²) in [6.45, 7) is 6.13. The fourth-order valence-electron chi connectivity index (χ4n) is 2.84. The molecular formula is C19H25N2O2Pr+. The molecule has 0 saturated heterocycles. The van der Waals surface area contributed by atoms with Crippen LogP contribution < -0.4 is 4.57 Å². The van der Waals surface area contributed by atoms with E-state index >= 15 is 0 Å². The number of esters is 1. The van der Waals surface area contributed by atoms with E-state index in [1.807, 2.05) is 26.0 Å². The Bertz CT molecular complexity index is 646. The van der Waals surface area contributed by atoms with Crippen LogP contribution in [-0.4, -0.2) is 18.1 Å². The van der Waals surface area contributed by atoms with Crippen LogP contribution >= 0.6 is 0 Å². The molecule has 2 aromatic rings. The summed E-state index contributed by atoms with van der Waals surface area (Å²) in [7, 11) is 1.46. The molecule has 1 radical (unpaired) electrons. The third-order valence-electron chi connectivity index (χ3n) is 4.58. The molecule has 2 rings (SSSR count). The van der Waals surface area contributed by atoms with E-state index in [1.54, 1.807) is 12.4 Å². The second kappa shape index (κ2) is 9.57. The molecule has 5 heteroatoms. The van der Waals surface area contributed by atoms with Gasteiger partial charge in [0.2, 0.25) is 0 Å². The van der Waals surface area contributed by atoms with Crippen molar-refractivity contribution in [1.29, 1.82) is 0 Å². The van der Waals surface area contributed by atoms with Gasteiger partial charge < -0.3 is 4.74 Å². The molecule has 0 bridgehead atoms. The average Bonchev–Trinajstić information content (AvgIpc) is 2.61. The van der Waals surface area contributed by atoms with Crippen LogP contribution in [0.2, 0.25) is 0 Å². The van der Waals surface area contributed by atoms with E-state index < -0.39 is 5.41 Å². The second-order valence-electron chi connectivity index (χ2n) is 6.23. The Morgan fingerprint density at radius 3 is 2.25 bits per heavy atom. The summed E-state index contributed by atoms with van der Waals surface area (Å²) in [4.78, 5) is 16.1. The van der Waals surface area contributed by atoms with Gasteiger partial charge in [0, 0.05) is 72.2 Å². The van der Waals surface area contributed by atoms with E-state index in [0.717, 1.165) is 24.0 Å². The van der Waals surface area contributed by atoms with Gasteiger partial charge in [-0.1, -0.05) is 6.92 Å². The van der Waals surface area contributed by atoms with Crippen molar-refractivity contribution in [3.63, 3.8) is 0 Å². The fraction of sp³-hybridized carbons (Fsp3) is 0.421. The van der Waals surface area contributed by atoms with Crippen LogP contribution in [0.25, 0.3) is 11.1 Å². The smallest absolute Gasteiger partial charge is 0.311 e. The van der Waals surface area contributed by atoms with Crippen LogP contribution in [0, 0.1) is 46.7 Å². The van der Waals surface area contributed by atoms with E-state index in [9.17, 15) is 4.79 Å². The molecule has 24 heavy (non-hydrogen) atoms. The van der Waals surface area contributed by atoms with Gasteiger partial charge in [0.05, 0.1) is 12.5 Å². The Balaban J connectivity index is 0.00000288. The number of hydrogen-bond donors (Lipinski definition) is 0. The molecule has 0 spiro atoms. The minimum atomic E-state index is -0.453. The monoisotopic (exact) mass is 454 g/mol. The quantitative estimate of drug-likeness (QED) is 0.495. The number of carbonyl (C=O) groups excluding carboxylic acids is 1. The zero-order valence-corrected chi connectivity index (χ0v) is 18.6. The largest absolute Gasteiger partial charge is 0.469 e. The minimum Gasteiger partial charge on any atom is -0.469 e. The van der Waals surface area contributed by atoms with Gasteiger partial charge in [-0.15, -0.1) is 0 Å². The molecule has 0 aliphatic carbocycles. The molecule has 0 aliphatic heterocycles. The van der Waals surface area contributed by atoms with Crippen molar-refractivity contribution >= 4 is 5.97 Å². The van der Waals surface area contributed by atoms with E-state index in [-0.39, 0.29) is 53.3 Å². The molecule has 0 N–H and O–H groups in total. The first-order valence-corrected chi connectivity index (χ1v) is 8.00. The molecule has 0 saturated carbocycles. The predicted molar refractivity (Wildman–Crippen MR) is 89.6 cm³/mol. The van der Waals surface area contributed by atoms with Crippen LogP contribution in [0.15, 0.2) is 49.1 Å². The number of nitrogens with zero attached hydrogens (tertiary/aromatic N) is 2. The maximum Gasteiger partial charge on any atom is 0.311 e. The van der Waals surface area contributed by atoms with Crippen LogP contribution in [0.5, 0.6) is 0 Å². The molecule has 125 valence electrons. The predicted octanol–water partition coefficient (Wildman–Crippen LogP) is 3.58. The molecule has 0 aliphatic rings. The first kappa shape index (κ1) is 21.2. The van der Waals surface area contributed by atoms with Crippen LogP contribution in [0.4, 0.5) is 0 Å². The molecule has 2 heterocycles. The van der Waals surface area contributed by atoms with Crippen LogP contribution in [-0.2, 0) is 9.53 Å². The Morgan fingerprint density at radius 1 is 1.21 bits per heavy atom. The first-order valence-electron chi connectivity index (χ1n) is 8.00. The van der Waals surface area contributed by atoms with Crippen molar-refractivity contribution in [3.8, 4) is 11.1 Å². The number of aromatic nitrogens is 2. The SMILES string of the molecule is CCC(C)(CC(C)[n+]1ccc(-c2ccncc2)cc1)C(=O)OC.[Pr]. The van der Waals surface area contributed by atoms with Gasteiger partial charge in [-0.25, -0.2) is 4.57 Å². The molecule has 4 nitrogen and oxygen atoms in total. The molecular weight excluding hydrogens is 429 g/mol. The van der Waals surface area contributed by atoms with Crippen molar-refractivity contribution < 1.29 is 55.4 Å². The molecule has 0 aromatic carbocycles. The molecule has 2 aromatic heterocycles. The topological polar surface area (TPSA) is 43.1 Å². The summed E-state index contributed by atoms with van der Waals surface area (Å²) in [5.41, 5.74) is 1.85. The zero-order valence-electron chi connectivity index (χ0n) is 14.9. The van der Waals surface area contributed by atoms with Crippen molar-refractivity contribution in [3.05, 3.63) is 49.1 Å². The Labute approximate surface area is 177 Å². The van der Waals surface area contributed by atoms with Gasteiger partial charge in [-0.3, -0.25) is 9.78 Å². The summed E-state index contributed by atoms with van der Waals surface area (Å²) in [6, 6.07) is 8.38. The van der Waals surface area contributed by atoms with Crippen LogP contribution in [0.1, 0.15) is 39.7 Å². The summed E-state index contributed by atoms with van der Waals surface area (Å²) in [5.74, 6) is -0.138. The molecule has 2 atom stereocenters. The number of rotatable bonds is 6. The van der Waals surface area contributed by atoms with E-state index in [2.05, 4.69) is 41.0 Å². The first-order chi connectivity index (χ1) is 11.0. The third kappa shape index (κ3) is 5.06. The number of methoxy groups -OCH3 is 1. The van der Waals surface area contributed by atoms with E-state index in [0.29, 0.717) is 0 Å². The second-order valence-corrected chi connectivity index (χ2v) is 6.23. The Hall–Kier alpha value is -0.866. The number of hydrogen-bond acceptors (Lipinski definition) is 3. The summed E-state index contributed by atoms with van der Waals surface area (Å²) in [6.07, 6.45) is 9.22. The third-order valence-corrected chi connectivity index (χ3v) is 4.58. The van der Waals surface area contributed by atoms with Crippen molar-refractivity contribution in [2.75, 3.05) is 7.11 Å². The molecule has 2 unspecified atom stereocenters. The number of carbonyl (C=O) groups is 1. The van der Waals surface area contributed by atoms with Crippen molar-refractivity contribution in [2.24, 2.45) is 5.41 Å². The Morgan fingerprint density at radius 2 is 1.75 bits per heavy atom. The number of pyridine rings is 2. The maximum atomic E-state index is 12.0.